The van der Waals surface area contributed by atoms with Crippen LogP contribution in [0, 0.1) is 0 Å². The Balaban J connectivity index is 1.68. The quantitative estimate of drug-likeness (QED) is 0.749. The van der Waals surface area contributed by atoms with Crippen LogP contribution in [0.4, 0.5) is 21.9 Å². The zero-order valence-corrected chi connectivity index (χ0v) is 18.3. The van der Waals surface area contributed by atoms with E-state index in [1.165, 1.54) is 5.69 Å². The Kier molecular flexibility index (Phi) is 6.13. The third-order valence-electron chi connectivity index (χ3n) is 5.82. The van der Waals surface area contributed by atoms with Gasteiger partial charge in [-0.25, -0.2) is 4.79 Å². The summed E-state index contributed by atoms with van der Waals surface area (Å²) in [6.07, 6.45) is -0.390. The highest BCUT2D eigenvalue weighted by Gasteiger charge is 2.34. The van der Waals surface area contributed by atoms with E-state index in [0.717, 1.165) is 43.1 Å². The van der Waals surface area contributed by atoms with E-state index in [1.54, 1.807) is 23.6 Å². The number of hydrogen-bond acceptors (Lipinski definition) is 5. The first-order valence-electron chi connectivity index (χ1n) is 10.8. The summed E-state index contributed by atoms with van der Waals surface area (Å²) in [4.78, 5) is 30.6. The van der Waals surface area contributed by atoms with Gasteiger partial charge in [-0.3, -0.25) is 9.69 Å². The van der Waals surface area contributed by atoms with Crippen molar-refractivity contribution in [2.24, 2.45) is 0 Å². The van der Waals surface area contributed by atoms with Crippen molar-refractivity contribution < 1.29 is 19.1 Å². The molecule has 1 atom stereocenters. The largest absolute Gasteiger partial charge is 0.449 e. The van der Waals surface area contributed by atoms with Crippen LogP contribution in [0.25, 0.3) is 11.1 Å². The van der Waals surface area contributed by atoms with Gasteiger partial charge in [0.2, 0.25) is 5.91 Å². The van der Waals surface area contributed by atoms with Gasteiger partial charge in [-0.2, -0.15) is 0 Å². The monoisotopic (exact) mass is 423 g/mol. The number of carbonyl (C=O) groups excluding carboxylic acids is 2. The molecule has 7 heteroatoms. The Labute approximate surface area is 183 Å². The molecule has 0 unspecified atom stereocenters. The van der Waals surface area contributed by atoms with E-state index < -0.39 is 6.09 Å². The van der Waals surface area contributed by atoms with Crippen molar-refractivity contribution >= 4 is 29.1 Å². The third kappa shape index (κ3) is 4.23. The molecule has 4 rings (SSSR count). The average Bonchev–Trinajstić information content (AvgIpc) is 2.79. The van der Waals surface area contributed by atoms with E-state index in [1.807, 2.05) is 25.1 Å². The van der Waals surface area contributed by atoms with Crippen LogP contribution in [0.3, 0.4) is 0 Å². The molecule has 0 radical (unpaired) electrons. The fourth-order valence-electron chi connectivity index (χ4n) is 4.35. The molecule has 0 bridgehead atoms. The van der Waals surface area contributed by atoms with Crippen LogP contribution in [0.2, 0.25) is 0 Å². The Bertz CT molecular complexity index is 954. The van der Waals surface area contributed by atoms with E-state index in [9.17, 15) is 9.59 Å². The molecule has 0 N–H and O–H groups in total. The van der Waals surface area contributed by atoms with Gasteiger partial charge in [0.15, 0.2) is 0 Å². The minimum atomic E-state index is -0.390. The normalized spacial score (nSPS) is 18.5. The second kappa shape index (κ2) is 8.98. The number of carbonyl (C=O) groups is 2. The summed E-state index contributed by atoms with van der Waals surface area (Å²) >= 11 is 0. The lowest BCUT2D eigenvalue weighted by Gasteiger charge is -2.40. The number of fused-ring (bicyclic) bond motifs is 1. The summed E-state index contributed by atoms with van der Waals surface area (Å²) in [5, 5.41) is 0. The van der Waals surface area contributed by atoms with Gasteiger partial charge in [0.25, 0.3) is 0 Å². The van der Waals surface area contributed by atoms with Crippen LogP contribution in [-0.4, -0.2) is 57.5 Å². The Morgan fingerprint density at radius 3 is 2.35 bits per heavy atom. The lowest BCUT2D eigenvalue weighted by atomic mass is 10.0. The Morgan fingerprint density at radius 2 is 1.71 bits per heavy atom. The summed E-state index contributed by atoms with van der Waals surface area (Å²) in [5.41, 5.74) is 4.64. The smallest absolute Gasteiger partial charge is 0.414 e. The number of anilines is 3. The lowest BCUT2D eigenvalue weighted by Crippen LogP contribution is -2.51. The molecule has 0 saturated carbocycles. The van der Waals surface area contributed by atoms with Gasteiger partial charge in [0.05, 0.1) is 37.2 Å². The SMILES string of the molecule is CCOC(=O)N1C[C@H](C)N(C(C)=O)c2ccc(-c3ccc(N4CCOCC4)cc3)cc21. The molecule has 2 heterocycles. The number of benzene rings is 2. The fraction of sp³-hybridized carbons (Fsp3) is 0.417. The molecule has 0 spiro atoms. The summed E-state index contributed by atoms with van der Waals surface area (Å²) in [6, 6.07) is 14.2. The minimum absolute atomic E-state index is 0.0418. The molecular formula is C24H29N3O4. The molecule has 31 heavy (non-hydrogen) atoms. The second-order valence-corrected chi connectivity index (χ2v) is 7.90. The summed E-state index contributed by atoms with van der Waals surface area (Å²) in [7, 11) is 0. The number of rotatable bonds is 3. The van der Waals surface area contributed by atoms with Gasteiger partial charge in [-0.15, -0.1) is 0 Å². The average molecular weight is 424 g/mol. The molecule has 164 valence electrons. The molecule has 0 aromatic heterocycles. The lowest BCUT2D eigenvalue weighted by molar-refractivity contribution is -0.117. The van der Waals surface area contributed by atoms with E-state index in [4.69, 9.17) is 9.47 Å². The molecule has 2 aromatic carbocycles. The summed E-state index contributed by atoms with van der Waals surface area (Å²) < 4.78 is 10.7. The van der Waals surface area contributed by atoms with Gasteiger partial charge < -0.3 is 19.3 Å². The standard InChI is InChI=1S/C24H29N3O4/c1-4-31-24(29)26-16-17(2)27(18(3)28)22-10-7-20(15-23(22)26)19-5-8-21(9-6-19)25-11-13-30-14-12-25/h5-10,15,17H,4,11-14,16H2,1-3H3/t17-/m0/s1. The van der Waals surface area contributed by atoms with Crippen molar-refractivity contribution in [2.75, 3.05) is 54.2 Å². The van der Waals surface area contributed by atoms with Crippen LogP contribution in [0.5, 0.6) is 0 Å². The predicted molar refractivity (Wildman–Crippen MR) is 122 cm³/mol. The van der Waals surface area contributed by atoms with Gasteiger partial charge in [-0.05, 0) is 49.2 Å². The molecule has 0 aliphatic carbocycles. The molecular weight excluding hydrogens is 394 g/mol. The third-order valence-corrected chi connectivity index (χ3v) is 5.82. The van der Waals surface area contributed by atoms with Gasteiger partial charge in [0.1, 0.15) is 0 Å². The van der Waals surface area contributed by atoms with Crippen LogP contribution in [0.15, 0.2) is 42.5 Å². The topological polar surface area (TPSA) is 62.3 Å². The zero-order chi connectivity index (χ0) is 22.0. The van der Waals surface area contributed by atoms with Crippen LogP contribution in [0.1, 0.15) is 20.8 Å². The zero-order valence-electron chi connectivity index (χ0n) is 18.3. The molecule has 7 nitrogen and oxygen atoms in total. The molecule has 1 saturated heterocycles. The van der Waals surface area contributed by atoms with Gasteiger partial charge in [-0.1, -0.05) is 18.2 Å². The maximum Gasteiger partial charge on any atom is 0.414 e. The summed E-state index contributed by atoms with van der Waals surface area (Å²) in [6.45, 7) is 9.27. The maximum absolute atomic E-state index is 12.6. The molecule has 2 aliphatic rings. The highest BCUT2D eigenvalue weighted by molar-refractivity contribution is 6.03. The van der Waals surface area contributed by atoms with Crippen LogP contribution >= 0.6 is 0 Å². The molecule has 2 aliphatic heterocycles. The number of morpholine rings is 1. The van der Waals surface area contributed by atoms with Crippen LogP contribution < -0.4 is 14.7 Å². The predicted octanol–water partition coefficient (Wildman–Crippen LogP) is 3.91. The number of nitrogens with zero attached hydrogens (tertiary/aromatic N) is 3. The summed E-state index contributed by atoms with van der Waals surface area (Å²) in [5.74, 6) is -0.0418. The van der Waals surface area contributed by atoms with E-state index in [0.29, 0.717) is 18.8 Å². The van der Waals surface area contributed by atoms with E-state index in [2.05, 4.69) is 29.2 Å². The molecule has 1 fully saturated rings. The van der Waals surface area contributed by atoms with Crippen molar-refractivity contribution in [3.63, 3.8) is 0 Å². The van der Waals surface area contributed by atoms with E-state index in [-0.39, 0.29) is 11.9 Å². The second-order valence-electron chi connectivity index (χ2n) is 7.90. The Morgan fingerprint density at radius 1 is 1.03 bits per heavy atom. The van der Waals surface area contributed by atoms with Crippen molar-refractivity contribution in [3.05, 3.63) is 42.5 Å². The number of hydrogen-bond donors (Lipinski definition) is 0. The highest BCUT2D eigenvalue weighted by atomic mass is 16.6. The van der Waals surface area contributed by atoms with Crippen LogP contribution in [-0.2, 0) is 14.3 Å². The van der Waals surface area contributed by atoms with Crippen molar-refractivity contribution in [2.45, 2.75) is 26.8 Å². The fourth-order valence-corrected chi connectivity index (χ4v) is 4.35. The first-order valence-corrected chi connectivity index (χ1v) is 10.8. The van der Waals surface area contributed by atoms with Gasteiger partial charge in [0, 0.05) is 32.2 Å². The number of amides is 2. The maximum atomic E-state index is 12.6. The van der Waals surface area contributed by atoms with E-state index >= 15 is 0 Å². The Hall–Kier alpha value is -3.06. The van der Waals surface area contributed by atoms with Crippen molar-refractivity contribution in [1.82, 2.24) is 0 Å². The van der Waals surface area contributed by atoms with Crippen molar-refractivity contribution in [3.8, 4) is 11.1 Å². The molecule has 2 amide bonds. The van der Waals surface area contributed by atoms with Gasteiger partial charge >= 0.3 is 6.09 Å². The minimum Gasteiger partial charge on any atom is -0.449 e. The number of ether oxygens (including phenoxy) is 2. The highest BCUT2D eigenvalue weighted by Crippen LogP contribution is 2.39. The molecule has 2 aromatic rings. The first-order chi connectivity index (χ1) is 15.0. The first kappa shape index (κ1) is 21.2. The van der Waals surface area contributed by atoms with Crippen molar-refractivity contribution in [1.29, 1.82) is 0 Å².